The fourth-order valence-electron chi connectivity index (χ4n) is 2.40. The lowest BCUT2D eigenvalue weighted by Crippen LogP contribution is -2.31. The van der Waals surface area contributed by atoms with Crippen LogP contribution in [-0.2, 0) is 6.42 Å². The van der Waals surface area contributed by atoms with E-state index < -0.39 is 0 Å². The molecular formula is C13H18N2O2. The summed E-state index contributed by atoms with van der Waals surface area (Å²) in [7, 11) is 0. The van der Waals surface area contributed by atoms with Crippen LogP contribution in [0.25, 0.3) is 0 Å². The molecule has 17 heavy (non-hydrogen) atoms. The first-order chi connectivity index (χ1) is 8.16. The van der Waals surface area contributed by atoms with Crippen LogP contribution in [0, 0.1) is 23.0 Å². The molecule has 4 nitrogen and oxygen atoms in total. The van der Waals surface area contributed by atoms with Crippen molar-refractivity contribution >= 4 is 5.69 Å². The number of hydrogen-bond donors (Lipinski definition) is 1. The minimum Gasteiger partial charge on any atom is -0.316 e. The van der Waals surface area contributed by atoms with Gasteiger partial charge < -0.3 is 5.32 Å². The molecule has 0 bridgehead atoms. The Hall–Kier alpha value is -1.42. The number of nitrogens with one attached hydrogen (secondary N) is 1. The van der Waals surface area contributed by atoms with E-state index in [0.717, 1.165) is 30.6 Å². The van der Waals surface area contributed by atoms with Gasteiger partial charge in [0.05, 0.1) is 4.92 Å². The van der Waals surface area contributed by atoms with Crippen LogP contribution in [0.15, 0.2) is 18.2 Å². The lowest BCUT2D eigenvalue weighted by molar-refractivity contribution is -0.384. The largest absolute Gasteiger partial charge is 0.316 e. The van der Waals surface area contributed by atoms with Crippen LogP contribution < -0.4 is 5.32 Å². The molecule has 0 aromatic heterocycles. The van der Waals surface area contributed by atoms with Crippen LogP contribution >= 0.6 is 0 Å². The highest BCUT2D eigenvalue weighted by atomic mass is 16.6. The summed E-state index contributed by atoms with van der Waals surface area (Å²) in [5.74, 6) is 0.615. The molecular weight excluding hydrogens is 216 g/mol. The fraction of sp³-hybridized carbons (Fsp3) is 0.538. The molecule has 1 heterocycles. The molecule has 92 valence electrons. The average Bonchev–Trinajstić information content (AvgIpc) is 2.33. The highest BCUT2D eigenvalue weighted by Gasteiger charge is 2.16. The van der Waals surface area contributed by atoms with Crippen molar-refractivity contribution in [1.29, 1.82) is 0 Å². The zero-order valence-corrected chi connectivity index (χ0v) is 10.1. The summed E-state index contributed by atoms with van der Waals surface area (Å²) in [4.78, 5) is 10.4. The molecule has 2 rings (SSSR count). The molecule has 1 fully saturated rings. The molecule has 1 aliphatic heterocycles. The number of hydrogen-bond acceptors (Lipinski definition) is 3. The summed E-state index contributed by atoms with van der Waals surface area (Å²) in [5, 5.41) is 14.1. The van der Waals surface area contributed by atoms with Gasteiger partial charge in [-0.25, -0.2) is 0 Å². The van der Waals surface area contributed by atoms with Crippen LogP contribution in [0.4, 0.5) is 5.69 Å². The number of nitrogens with zero attached hydrogens (tertiary/aromatic N) is 1. The van der Waals surface area contributed by atoms with Crippen LogP contribution in [0.5, 0.6) is 0 Å². The monoisotopic (exact) mass is 234 g/mol. The van der Waals surface area contributed by atoms with Crippen LogP contribution in [0.1, 0.15) is 24.0 Å². The second-order valence-corrected chi connectivity index (χ2v) is 4.78. The predicted molar refractivity (Wildman–Crippen MR) is 67.1 cm³/mol. The van der Waals surface area contributed by atoms with Gasteiger partial charge in [0.2, 0.25) is 0 Å². The molecule has 0 amide bonds. The maximum Gasteiger partial charge on any atom is 0.269 e. The van der Waals surface area contributed by atoms with E-state index in [1.165, 1.54) is 12.8 Å². The Morgan fingerprint density at radius 2 is 2.35 bits per heavy atom. The standard InChI is InChI=1S/C13H18N2O2/c1-10-4-5-13(15(16)17)8-12(10)7-11-3-2-6-14-9-11/h4-5,8,11,14H,2-3,6-7,9H2,1H3. The molecule has 0 aliphatic carbocycles. The minimum atomic E-state index is -0.317. The van der Waals surface area contributed by atoms with Crippen LogP contribution in [-0.4, -0.2) is 18.0 Å². The molecule has 1 unspecified atom stereocenters. The first-order valence-electron chi connectivity index (χ1n) is 6.11. The van der Waals surface area contributed by atoms with E-state index >= 15 is 0 Å². The van der Waals surface area contributed by atoms with E-state index in [-0.39, 0.29) is 10.6 Å². The molecule has 1 aromatic rings. The van der Waals surface area contributed by atoms with Gasteiger partial charge in [-0.1, -0.05) is 6.07 Å². The Morgan fingerprint density at radius 1 is 1.53 bits per heavy atom. The third kappa shape index (κ3) is 3.03. The second kappa shape index (κ2) is 5.27. The maximum atomic E-state index is 10.7. The minimum absolute atomic E-state index is 0.203. The van der Waals surface area contributed by atoms with Crippen molar-refractivity contribution in [2.75, 3.05) is 13.1 Å². The lowest BCUT2D eigenvalue weighted by atomic mass is 9.90. The van der Waals surface area contributed by atoms with Gasteiger partial charge in [0, 0.05) is 12.1 Å². The molecule has 4 heteroatoms. The Kier molecular flexibility index (Phi) is 3.74. The number of aryl methyl sites for hydroxylation is 1. The number of nitro benzene ring substituents is 1. The van der Waals surface area contributed by atoms with Gasteiger partial charge in [0.15, 0.2) is 0 Å². The quantitative estimate of drug-likeness (QED) is 0.645. The van der Waals surface area contributed by atoms with Gasteiger partial charge in [-0.15, -0.1) is 0 Å². The number of piperidine rings is 1. The SMILES string of the molecule is Cc1ccc([N+](=O)[O-])cc1CC1CCCNC1. The molecule has 0 spiro atoms. The molecule has 1 saturated heterocycles. The Labute approximate surface area is 101 Å². The van der Waals surface area contributed by atoms with Gasteiger partial charge in [0.1, 0.15) is 0 Å². The first kappa shape index (κ1) is 12.0. The van der Waals surface area contributed by atoms with Crippen LogP contribution in [0.2, 0.25) is 0 Å². The average molecular weight is 234 g/mol. The van der Waals surface area contributed by atoms with Gasteiger partial charge in [-0.05, 0) is 56.3 Å². The summed E-state index contributed by atoms with van der Waals surface area (Å²) in [6.07, 6.45) is 3.37. The smallest absolute Gasteiger partial charge is 0.269 e. The van der Waals surface area contributed by atoms with Crippen molar-refractivity contribution < 1.29 is 4.92 Å². The number of rotatable bonds is 3. The summed E-state index contributed by atoms with van der Waals surface area (Å²) >= 11 is 0. The van der Waals surface area contributed by atoms with Gasteiger partial charge >= 0.3 is 0 Å². The van der Waals surface area contributed by atoms with Gasteiger partial charge in [-0.3, -0.25) is 10.1 Å². The fourth-order valence-corrected chi connectivity index (χ4v) is 2.40. The van der Waals surface area contributed by atoms with E-state index in [0.29, 0.717) is 5.92 Å². The Bertz CT molecular complexity index is 412. The summed E-state index contributed by atoms with van der Waals surface area (Å²) in [6.45, 7) is 4.15. The molecule has 1 aliphatic rings. The van der Waals surface area contributed by atoms with Crippen molar-refractivity contribution in [3.8, 4) is 0 Å². The Balaban J connectivity index is 2.13. The third-order valence-electron chi connectivity index (χ3n) is 3.45. The van der Waals surface area contributed by atoms with E-state index in [9.17, 15) is 10.1 Å². The highest BCUT2D eigenvalue weighted by molar-refractivity contribution is 5.39. The van der Waals surface area contributed by atoms with Crippen molar-refractivity contribution in [3.63, 3.8) is 0 Å². The van der Waals surface area contributed by atoms with E-state index in [2.05, 4.69) is 5.32 Å². The molecule has 0 radical (unpaired) electrons. The van der Waals surface area contributed by atoms with Crippen molar-refractivity contribution in [2.24, 2.45) is 5.92 Å². The third-order valence-corrected chi connectivity index (χ3v) is 3.45. The number of non-ortho nitro benzene ring substituents is 1. The van der Waals surface area contributed by atoms with Gasteiger partial charge in [0.25, 0.3) is 5.69 Å². The number of benzene rings is 1. The summed E-state index contributed by atoms with van der Waals surface area (Å²) in [6, 6.07) is 5.16. The zero-order chi connectivity index (χ0) is 12.3. The highest BCUT2D eigenvalue weighted by Crippen LogP contribution is 2.22. The van der Waals surface area contributed by atoms with Crippen molar-refractivity contribution in [2.45, 2.75) is 26.2 Å². The van der Waals surface area contributed by atoms with Crippen molar-refractivity contribution in [1.82, 2.24) is 5.32 Å². The van der Waals surface area contributed by atoms with Gasteiger partial charge in [-0.2, -0.15) is 0 Å². The normalized spacial score (nSPS) is 20.2. The molecule has 1 aromatic carbocycles. The van der Waals surface area contributed by atoms with Crippen LogP contribution in [0.3, 0.4) is 0 Å². The second-order valence-electron chi connectivity index (χ2n) is 4.78. The van der Waals surface area contributed by atoms with Crippen molar-refractivity contribution in [3.05, 3.63) is 39.4 Å². The zero-order valence-electron chi connectivity index (χ0n) is 10.1. The predicted octanol–water partition coefficient (Wildman–Crippen LogP) is 2.45. The lowest BCUT2D eigenvalue weighted by Gasteiger charge is -2.23. The molecule has 0 saturated carbocycles. The molecule has 1 N–H and O–H groups in total. The summed E-state index contributed by atoms with van der Waals surface area (Å²) in [5.41, 5.74) is 2.48. The van der Waals surface area contributed by atoms with E-state index in [1.54, 1.807) is 12.1 Å². The maximum absolute atomic E-state index is 10.7. The molecule has 1 atom stereocenters. The number of nitro groups is 1. The topological polar surface area (TPSA) is 55.2 Å². The summed E-state index contributed by atoms with van der Waals surface area (Å²) < 4.78 is 0. The Morgan fingerprint density at radius 3 is 3.00 bits per heavy atom. The van der Waals surface area contributed by atoms with E-state index in [1.807, 2.05) is 13.0 Å². The first-order valence-corrected chi connectivity index (χ1v) is 6.11. The van der Waals surface area contributed by atoms with E-state index in [4.69, 9.17) is 0 Å².